The van der Waals surface area contributed by atoms with Crippen LogP contribution in [0.1, 0.15) is 63.1 Å². The Morgan fingerprint density at radius 3 is 2.67 bits per heavy atom. The van der Waals surface area contributed by atoms with E-state index in [1.54, 1.807) is 29.5 Å². The standard InChI is InChI=1S/C28H37N3O3S2/c1-4-5-10-21-13-9-14-24(17-21)31-36(32,33)26-18-23(15-16-25(26)34-3)27-20(2)30-28(35-27)29-19-22-11-7-6-8-12-22/h9,13-18,22,31H,4-8,10-12,19H2,1-3H3,(H,29,30). The molecule has 1 saturated carbocycles. The Kier molecular flexibility index (Phi) is 8.90. The Morgan fingerprint density at radius 2 is 1.92 bits per heavy atom. The SMILES string of the molecule is CCCCc1cccc(NS(=O)(=O)c2cc(-c3sc(NCC4CCCCC4)nc3C)ccc2OC)c1. The highest BCUT2D eigenvalue weighted by molar-refractivity contribution is 7.92. The first-order valence-corrected chi connectivity index (χ1v) is 15.2. The van der Waals surface area contributed by atoms with E-state index in [9.17, 15) is 8.42 Å². The number of anilines is 2. The van der Waals surface area contributed by atoms with Gasteiger partial charge in [0.2, 0.25) is 0 Å². The van der Waals surface area contributed by atoms with Crippen LogP contribution in [0.3, 0.4) is 0 Å². The van der Waals surface area contributed by atoms with Gasteiger partial charge in [-0.15, -0.1) is 0 Å². The predicted molar refractivity (Wildman–Crippen MR) is 150 cm³/mol. The van der Waals surface area contributed by atoms with Crippen molar-refractivity contribution in [2.45, 2.75) is 70.1 Å². The third-order valence-electron chi connectivity index (χ3n) is 6.78. The summed E-state index contributed by atoms with van der Waals surface area (Å²) >= 11 is 1.57. The molecule has 36 heavy (non-hydrogen) atoms. The van der Waals surface area contributed by atoms with Crippen molar-refractivity contribution in [3.05, 3.63) is 53.7 Å². The largest absolute Gasteiger partial charge is 0.495 e. The van der Waals surface area contributed by atoms with E-state index < -0.39 is 10.0 Å². The molecule has 0 amide bonds. The number of ether oxygens (including phenoxy) is 1. The van der Waals surface area contributed by atoms with Gasteiger partial charge < -0.3 is 10.1 Å². The third kappa shape index (κ3) is 6.59. The molecule has 1 aliphatic rings. The number of unbranched alkanes of at least 4 members (excludes halogenated alkanes) is 1. The van der Waals surface area contributed by atoms with Crippen LogP contribution in [0.15, 0.2) is 47.4 Å². The van der Waals surface area contributed by atoms with Crippen molar-refractivity contribution in [1.82, 2.24) is 4.98 Å². The van der Waals surface area contributed by atoms with E-state index in [-0.39, 0.29) is 4.90 Å². The lowest BCUT2D eigenvalue weighted by Gasteiger charge is -2.21. The highest BCUT2D eigenvalue weighted by Gasteiger charge is 2.22. The second-order valence-corrected chi connectivity index (χ2v) is 12.2. The number of nitrogens with one attached hydrogen (secondary N) is 2. The number of nitrogens with zero attached hydrogens (tertiary/aromatic N) is 1. The molecular weight excluding hydrogens is 490 g/mol. The maximum Gasteiger partial charge on any atom is 0.265 e. The number of thiazole rings is 1. The Morgan fingerprint density at radius 1 is 1.11 bits per heavy atom. The molecule has 8 heteroatoms. The lowest BCUT2D eigenvalue weighted by atomic mass is 9.89. The zero-order chi connectivity index (χ0) is 25.5. The van der Waals surface area contributed by atoms with E-state index in [0.717, 1.165) is 52.6 Å². The number of aryl methyl sites for hydroxylation is 2. The molecular formula is C28H37N3O3S2. The zero-order valence-electron chi connectivity index (χ0n) is 21.5. The molecule has 1 fully saturated rings. The van der Waals surface area contributed by atoms with Crippen LogP contribution < -0.4 is 14.8 Å². The van der Waals surface area contributed by atoms with Gasteiger partial charge in [-0.1, -0.05) is 56.1 Å². The van der Waals surface area contributed by atoms with Gasteiger partial charge in [0.25, 0.3) is 10.0 Å². The number of sulfonamides is 1. The van der Waals surface area contributed by atoms with Gasteiger partial charge in [-0.25, -0.2) is 13.4 Å². The number of rotatable bonds is 11. The molecule has 194 valence electrons. The van der Waals surface area contributed by atoms with E-state index >= 15 is 0 Å². The van der Waals surface area contributed by atoms with Gasteiger partial charge >= 0.3 is 0 Å². The van der Waals surface area contributed by atoms with Crippen molar-refractivity contribution in [1.29, 1.82) is 0 Å². The highest BCUT2D eigenvalue weighted by atomic mass is 32.2. The lowest BCUT2D eigenvalue weighted by molar-refractivity contribution is 0.373. The summed E-state index contributed by atoms with van der Waals surface area (Å²) in [6.45, 7) is 5.05. The van der Waals surface area contributed by atoms with E-state index in [1.165, 1.54) is 39.2 Å². The molecule has 0 aliphatic heterocycles. The third-order valence-corrected chi connectivity index (χ3v) is 9.34. The van der Waals surface area contributed by atoms with E-state index in [2.05, 4.69) is 17.0 Å². The van der Waals surface area contributed by atoms with Crippen molar-refractivity contribution in [3.63, 3.8) is 0 Å². The molecule has 2 N–H and O–H groups in total. The van der Waals surface area contributed by atoms with Crippen molar-refractivity contribution < 1.29 is 13.2 Å². The first-order chi connectivity index (χ1) is 17.4. The van der Waals surface area contributed by atoms with Gasteiger partial charge in [0.15, 0.2) is 5.13 Å². The number of aromatic nitrogens is 1. The van der Waals surface area contributed by atoms with Gasteiger partial charge in [0.1, 0.15) is 10.6 Å². The Bertz CT molecular complexity index is 1260. The predicted octanol–water partition coefficient (Wildman–Crippen LogP) is 7.26. The number of methoxy groups -OCH3 is 1. The minimum atomic E-state index is -3.86. The van der Waals surface area contributed by atoms with Crippen LogP contribution >= 0.6 is 11.3 Å². The first-order valence-electron chi connectivity index (χ1n) is 12.9. The number of benzene rings is 2. The maximum absolute atomic E-state index is 13.4. The average molecular weight is 528 g/mol. The second-order valence-electron chi connectivity index (χ2n) is 9.59. The zero-order valence-corrected chi connectivity index (χ0v) is 23.1. The molecule has 0 bridgehead atoms. The maximum atomic E-state index is 13.4. The normalized spacial score (nSPS) is 14.5. The van der Waals surface area contributed by atoms with E-state index in [0.29, 0.717) is 17.4 Å². The van der Waals surface area contributed by atoms with Crippen molar-refractivity contribution in [2.75, 3.05) is 23.7 Å². The smallest absolute Gasteiger partial charge is 0.265 e. The summed E-state index contributed by atoms with van der Waals surface area (Å²) in [5.41, 5.74) is 3.37. The van der Waals surface area contributed by atoms with Crippen LogP contribution in [-0.4, -0.2) is 27.1 Å². The number of hydrogen-bond donors (Lipinski definition) is 2. The van der Waals surface area contributed by atoms with Crippen molar-refractivity contribution in [3.8, 4) is 16.2 Å². The molecule has 2 aromatic carbocycles. The summed E-state index contributed by atoms with van der Waals surface area (Å²) in [6, 6.07) is 12.9. The fourth-order valence-corrected chi connectivity index (χ4v) is 6.99. The summed E-state index contributed by atoms with van der Waals surface area (Å²) in [5.74, 6) is 1.02. The van der Waals surface area contributed by atoms with Crippen LogP contribution in [0.5, 0.6) is 5.75 Å². The van der Waals surface area contributed by atoms with Gasteiger partial charge in [0, 0.05) is 12.2 Å². The molecule has 1 aliphatic carbocycles. The molecule has 0 spiro atoms. The first kappa shape index (κ1) is 26.5. The van der Waals surface area contributed by atoms with Crippen molar-refractivity contribution >= 4 is 32.2 Å². The Balaban J connectivity index is 1.56. The monoisotopic (exact) mass is 527 g/mol. The molecule has 1 aromatic heterocycles. The van der Waals surface area contributed by atoms with Crippen LogP contribution in [0.2, 0.25) is 0 Å². The topological polar surface area (TPSA) is 80.3 Å². The molecule has 0 unspecified atom stereocenters. The molecule has 1 heterocycles. The molecule has 0 saturated heterocycles. The van der Waals surface area contributed by atoms with Gasteiger partial charge in [-0.2, -0.15) is 0 Å². The summed E-state index contributed by atoms with van der Waals surface area (Å²) in [7, 11) is -2.37. The van der Waals surface area contributed by atoms with Crippen LogP contribution in [0, 0.1) is 12.8 Å². The van der Waals surface area contributed by atoms with Crippen LogP contribution in [0.4, 0.5) is 10.8 Å². The average Bonchev–Trinajstić information content (AvgIpc) is 3.26. The molecule has 3 aromatic rings. The quantitative estimate of drug-likeness (QED) is 0.274. The van der Waals surface area contributed by atoms with Gasteiger partial charge in [0.05, 0.1) is 17.7 Å². The molecule has 0 atom stereocenters. The highest BCUT2D eigenvalue weighted by Crippen LogP contribution is 2.37. The van der Waals surface area contributed by atoms with Crippen LogP contribution in [0.25, 0.3) is 10.4 Å². The van der Waals surface area contributed by atoms with Crippen LogP contribution in [-0.2, 0) is 16.4 Å². The fourth-order valence-electron chi connectivity index (χ4n) is 4.77. The summed E-state index contributed by atoms with van der Waals surface area (Å²) in [5, 5.41) is 4.40. The minimum absolute atomic E-state index is 0.117. The van der Waals surface area contributed by atoms with Gasteiger partial charge in [-0.3, -0.25) is 4.72 Å². The number of hydrogen-bond acceptors (Lipinski definition) is 6. The van der Waals surface area contributed by atoms with Gasteiger partial charge in [-0.05, 0) is 80.0 Å². The van der Waals surface area contributed by atoms with Crippen molar-refractivity contribution in [2.24, 2.45) is 5.92 Å². The molecule has 6 nitrogen and oxygen atoms in total. The van der Waals surface area contributed by atoms with E-state index in [4.69, 9.17) is 9.72 Å². The summed E-state index contributed by atoms with van der Waals surface area (Å²) in [4.78, 5) is 5.80. The lowest BCUT2D eigenvalue weighted by Crippen LogP contribution is -2.16. The Hall–Kier alpha value is -2.58. The Labute approximate surface area is 219 Å². The summed E-state index contributed by atoms with van der Waals surface area (Å²) in [6.07, 6.45) is 9.61. The summed E-state index contributed by atoms with van der Waals surface area (Å²) < 4.78 is 35.1. The minimum Gasteiger partial charge on any atom is -0.495 e. The molecule has 4 rings (SSSR count). The second kappa shape index (κ2) is 12.1. The van der Waals surface area contributed by atoms with E-state index in [1.807, 2.05) is 31.2 Å². The fraction of sp³-hybridized carbons (Fsp3) is 0.464. The molecule has 0 radical (unpaired) electrons.